The number of rotatable bonds is 1. The summed E-state index contributed by atoms with van der Waals surface area (Å²) >= 11 is 0. The smallest absolute Gasteiger partial charge is 0.189 e. The summed E-state index contributed by atoms with van der Waals surface area (Å²) in [6.45, 7) is 0. The predicted octanol–water partition coefficient (Wildman–Crippen LogP) is 2.62. The Morgan fingerprint density at radius 3 is 2.62 bits per heavy atom. The molecule has 61 valence electrons. The lowest BCUT2D eigenvalue weighted by molar-refractivity contribution is 0.572. The minimum Gasteiger partial charge on any atom is -0.451 e. The van der Waals surface area contributed by atoms with Crippen molar-refractivity contribution in [3.63, 3.8) is 0 Å². The molecule has 1 radical (unpaired) electrons. The van der Waals surface area contributed by atoms with Crippen LogP contribution in [0.1, 0.15) is 5.56 Å². The molecule has 1 aromatic carbocycles. The molecule has 0 unspecified atom stereocenters. The second-order valence-corrected chi connectivity index (χ2v) is 2.60. The molecule has 1 aromatic heterocycles. The van der Waals surface area contributed by atoms with Gasteiger partial charge >= 0.3 is 0 Å². The van der Waals surface area contributed by atoms with E-state index in [0.29, 0.717) is 11.3 Å². The van der Waals surface area contributed by atoms with Gasteiger partial charge in [-0.1, -0.05) is 30.3 Å². The normalized spacial score (nSPS) is 9.46. The average molecular weight is 168 g/mol. The van der Waals surface area contributed by atoms with Crippen molar-refractivity contribution in [3.05, 3.63) is 48.2 Å². The molecule has 0 saturated carbocycles. The Kier molecular flexibility index (Phi) is 1.85. The van der Waals surface area contributed by atoms with E-state index in [2.05, 4.69) is 6.26 Å². The topological polar surface area (TPSA) is 36.9 Å². The van der Waals surface area contributed by atoms with Crippen LogP contribution in [0.3, 0.4) is 0 Å². The van der Waals surface area contributed by atoms with Crippen LogP contribution in [0.15, 0.2) is 40.8 Å². The first kappa shape index (κ1) is 7.63. The van der Waals surface area contributed by atoms with Crippen molar-refractivity contribution < 1.29 is 4.42 Å². The Morgan fingerprint density at radius 1 is 1.23 bits per heavy atom. The number of nitrogens with zero attached hydrogens (tertiary/aromatic N) is 1. The third-order valence-corrected chi connectivity index (χ3v) is 1.73. The van der Waals surface area contributed by atoms with Crippen molar-refractivity contribution >= 4 is 0 Å². The van der Waals surface area contributed by atoms with E-state index in [1.807, 2.05) is 36.4 Å². The van der Waals surface area contributed by atoms with Gasteiger partial charge in [0.05, 0.1) is 0 Å². The van der Waals surface area contributed by atoms with E-state index < -0.39 is 0 Å². The van der Waals surface area contributed by atoms with Crippen molar-refractivity contribution in [2.75, 3.05) is 0 Å². The molecule has 0 saturated heterocycles. The first-order chi connectivity index (χ1) is 6.40. The van der Waals surface area contributed by atoms with Gasteiger partial charge in [-0.25, -0.2) is 0 Å². The molecule has 0 N–H and O–H groups in total. The summed E-state index contributed by atoms with van der Waals surface area (Å²) in [5.41, 5.74) is 1.39. The SMILES string of the molecule is N#Cc1[c]oc(-c2ccccc2)c1. The minimum absolute atomic E-state index is 0.429. The van der Waals surface area contributed by atoms with Crippen LogP contribution in [0.4, 0.5) is 0 Å². The fourth-order valence-electron chi connectivity index (χ4n) is 1.10. The zero-order valence-electron chi connectivity index (χ0n) is 6.82. The van der Waals surface area contributed by atoms with Crippen LogP contribution in [0.5, 0.6) is 0 Å². The Balaban J connectivity index is 2.43. The summed E-state index contributed by atoms with van der Waals surface area (Å²) in [5.74, 6) is 0.678. The highest BCUT2D eigenvalue weighted by Gasteiger charge is 2.02. The fourth-order valence-corrected chi connectivity index (χ4v) is 1.10. The Hall–Kier alpha value is -2.01. The molecule has 0 aliphatic heterocycles. The van der Waals surface area contributed by atoms with Crippen molar-refractivity contribution in [2.24, 2.45) is 0 Å². The maximum atomic E-state index is 8.56. The van der Waals surface area contributed by atoms with Crippen LogP contribution in [0.2, 0.25) is 0 Å². The molecule has 1 heterocycles. The molecule has 13 heavy (non-hydrogen) atoms. The molecular formula is C11H6NO. The second-order valence-electron chi connectivity index (χ2n) is 2.60. The lowest BCUT2D eigenvalue weighted by Gasteiger charge is -1.92. The third-order valence-electron chi connectivity index (χ3n) is 1.73. The molecule has 2 heteroatoms. The van der Waals surface area contributed by atoms with Crippen LogP contribution in [0, 0.1) is 17.6 Å². The van der Waals surface area contributed by atoms with Gasteiger partial charge in [-0.3, -0.25) is 0 Å². The molecule has 2 aromatic rings. The molecule has 2 nitrogen and oxygen atoms in total. The minimum atomic E-state index is 0.429. The van der Waals surface area contributed by atoms with Gasteiger partial charge in [0.2, 0.25) is 0 Å². The Labute approximate surface area is 76.0 Å². The highest BCUT2D eigenvalue weighted by Crippen LogP contribution is 2.20. The lowest BCUT2D eigenvalue weighted by Crippen LogP contribution is -1.70. The summed E-state index contributed by atoms with van der Waals surface area (Å²) < 4.78 is 5.09. The van der Waals surface area contributed by atoms with Gasteiger partial charge in [-0.05, 0) is 0 Å². The number of nitriles is 1. The molecule has 0 amide bonds. The third kappa shape index (κ3) is 1.45. The Morgan fingerprint density at radius 2 is 2.00 bits per heavy atom. The van der Waals surface area contributed by atoms with Gasteiger partial charge in [0.1, 0.15) is 17.4 Å². The van der Waals surface area contributed by atoms with Crippen LogP contribution in [-0.4, -0.2) is 0 Å². The molecule has 0 spiro atoms. The van der Waals surface area contributed by atoms with Gasteiger partial charge in [0.25, 0.3) is 0 Å². The lowest BCUT2D eigenvalue weighted by atomic mass is 10.1. The van der Waals surface area contributed by atoms with Crippen LogP contribution in [-0.2, 0) is 0 Å². The first-order valence-electron chi connectivity index (χ1n) is 3.87. The molecule has 0 aliphatic carbocycles. The van der Waals surface area contributed by atoms with Crippen molar-refractivity contribution in [2.45, 2.75) is 0 Å². The van der Waals surface area contributed by atoms with E-state index >= 15 is 0 Å². The van der Waals surface area contributed by atoms with E-state index in [9.17, 15) is 0 Å². The number of furan rings is 1. The van der Waals surface area contributed by atoms with E-state index in [1.165, 1.54) is 0 Å². The molecule has 0 fully saturated rings. The maximum Gasteiger partial charge on any atom is 0.189 e. The predicted molar refractivity (Wildman–Crippen MR) is 47.7 cm³/mol. The monoisotopic (exact) mass is 168 g/mol. The second kappa shape index (κ2) is 3.16. The van der Waals surface area contributed by atoms with Crippen molar-refractivity contribution in [1.29, 1.82) is 5.26 Å². The molecule has 2 rings (SSSR count). The summed E-state index contributed by atoms with van der Waals surface area (Å²) in [7, 11) is 0. The maximum absolute atomic E-state index is 8.56. The molecule has 0 aliphatic rings. The van der Waals surface area contributed by atoms with E-state index in [1.54, 1.807) is 6.07 Å². The number of hydrogen-bond acceptors (Lipinski definition) is 2. The average Bonchev–Trinajstić information content (AvgIpc) is 2.67. The van der Waals surface area contributed by atoms with Gasteiger partial charge in [0.15, 0.2) is 6.26 Å². The summed E-state index contributed by atoms with van der Waals surface area (Å²) in [4.78, 5) is 0. The largest absolute Gasteiger partial charge is 0.451 e. The molecular weight excluding hydrogens is 162 g/mol. The van der Waals surface area contributed by atoms with Crippen molar-refractivity contribution in [1.82, 2.24) is 0 Å². The van der Waals surface area contributed by atoms with E-state index in [-0.39, 0.29) is 0 Å². The van der Waals surface area contributed by atoms with Crippen LogP contribution >= 0.6 is 0 Å². The summed E-state index contributed by atoms with van der Waals surface area (Å²) in [5, 5.41) is 8.56. The summed E-state index contributed by atoms with van der Waals surface area (Å²) in [6.07, 6.45) is 2.52. The number of benzene rings is 1. The number of hydrogen-bond donors (Lipinski definition) is 0. The first-order valence-corrected chi connectivity index (χ1v) is 3.87. The fraction of sp³-hybridized carbons (Fsp3) is 0. The van der Waals surface area contributed by atoms with Gasteiger partial charge in [-0.15, -0.1) is 0 Å². The zero-order valence-corrected chi connectivity index (χ0v) is 6.82. The van der Waals surface area contributed by atoms with E-state index in [4.69, 9.17) is 9.68 Å². The van der Waals surface area contributed by atoms with Crippen LogP contribution < -0.4 is 0 Å². The highest BCUT2D eigenvalue weighted by molar-refractivity contribution is 5.58. The van der Waals surface area contributed by atoms with Crippen molar-refractivity contribution in [3.8, 4) is 17.4 Å². The van der Waals surface area contributed by atoms with Gasteiger partial charge in [0, 0.05) is 11.6 Å². The van der Waals surface area contributed by atoms with E-state index in [0.717, 1.165) is 5.56 Å². The highest BCUT2D eigenvalue weighted by atomic mass is 16.3. The molecule has 0 atom stereocenters. The van der Waals surface area contributed by atoms with Gasteiger partial charge < -0.3 is 4.42 Å². The van der Waals surface area contributed by atoms with Gasteiger partial charge in [-0.2, -0.15) is 5.26 Å². The standard InChI is InChI=1S/C11H6NO/c12-7-9-6-11(13-8-9)10-4-2-1-3-5-10/h1-6H. The zero-order chi connectivity index (χ0) is 9.10. The Bertz CT molecular complexity index is 437. The molecule has 0 bridgehead atoms. The van der Waals surface area contributed by atoms with Crippen LogP contribution in [0.25, 0.3) is 11.3 Å². The quantitative estimate of drug-likeness (QED) is 0.656. The summed E-state index contributed by atoms with van der Waals surface area (Å²) in [6, 6.07) is 13.3.